The molecule has 7 N–H and O–H groups in total. The average Bonchev–Trinajstić information content (AvgIpc) is 2.98. The van der Waals surface area contributed by atoms with Gasteiger partial charge in [-0.15, -0.1) is 0 Å². The summed E-state index contributed by atoms with van der Waals surface area (Å²) in [6.07, 6.45) is -14.8. The van der Waals surface area contributed by atoms with Crippen molar-refractivity contribution in [3.63, 3.8) is 0 Å². The van der Waals surface area contributed by atoms with Gasteiger partial charge in [0.05, 0.1) is 54.3 Å². The highest BCUT2D eigenvalue weighted by Crippen LogP contribution is 2.53. The minimum Gasteiger partial charge on any atom is -0.507 e. The Morgan fingerprint density at radius 1 is 1.16 bits per heavy atom. The number of alkyl halides is 3. The highest BCUT2D eigenvalue weighted by atomic mass is 19.4. The molecule has 3 unspecified atom stereocenters. The summed E-state index contributed by atoms with van der Waals surface area (Å²) in [6.45, 7) is 0.331. The van der Waals surface area contributed by atoms with Gasteiger partial charge in [0.2, 0.25) is 5.78 Å². The number of hydrogen-bond donors (Lipinski definition) is 7. The van der Waals surface area contributed by atoms with Gasteiger partial charge in [-0.1, -0.05) is 12.1 Å². The number of phenols is 2. The number of rotatable bonds is 6. The minimum absolute atomic E-state index is 0.0106. The molecular formula is C29H30F3NO12. The van der Waals surface area contributed by atoms with Gasteiger partial charge in [0.25, 0.3) is 0 Å². The maximum atomic E-state index is 13.7. The number of halogens is 3. The standard InChI is InChI=1S/C29H30F3NO12/c1-10-22(36)13(33-27(41)29(30,31)32)6-17(44-10)45-15-8-28(42,16(35)9-34)7-12-19(15)26(40)21-20(24(12)38)23(37)11-4-3-5-14(43-2)18(11)25(21)39/h3-5,10,13,15-17,22,34-36,38,40,42H,6-9H2,1-2H3,(H,33,41)/t10-,13-,15?,16?,17-,22+,28?/m0/s1. The monoisotopic (exact) mass is 641 g/mol. The fourth-order valence-electron chi connectivity index (χ4n) is 6.20. The van der Waals surface area contributed by atoms with Crippen molar-refractivity contribution in [2.45, 2.75) is 74.7 Å². The lowest BCUT2D eigenvalue weighted by molar-refractivity contribution is -0.254. The lowest BCUT2D eigenvalue weighted by Crippen LogP contribution is -2.57. The molecule has 1 heterocycles. The van der Waals surface area contributed by atoms with E-state index in [1.165, 1.54) is 32.2 Å². The first kappa shape index (κ1) is 32.6. The van der Waals surface area contributed by atoms with Crippen LogP contribution in [-0.4, -0.2) is 104 Å². The zero-order valence-electron chi connectivity index (χ0n) is 23.8. The van der Waals surface area contributed by atoms with Crippen molar-refractivity contribution in [1.29, 1.82) is 0 Å². The Morgan fingerprint density at radius 3 is 2.44 bits per heavy atom. The molecule has 2 aromatic rings. The molecule has 0 saturated carbocycles. The number of methoxy groups -OCH3 is 1. The molecule has 3 aliphatic rings. The maximum absolute atomic E-state index is 13.7. The summed E-state index contributed by atoms with van der Waals surface area (Å²) < 4.78 is 55.6. The van der Waals surface area contributed by atoms with E-state index in [0.717, 1.165) is 0 Å². The number of hydrogen-bond acceptors (Lipinski definition) is 12. The van der Waals surface area contributed by atoms with Crippen LogP contribution >= 0.6 is 0 Å². The molecule has 2 aromatic carbocycles. The van der Waals surface area contributed by atoms with Gasteiger partial charge < -0.3 is 50.2 Å². The van der Waals surface area contributed by atoms with Crippen LogP contribution in [0.3, 0.4) is 0 Å². The summed E-state index contributed by atoms with van der Waals surface area (Å²) in [5.41, 5.74) is -4.36. The molecule has 0 radical (unpaired) electrons. The normalized spacial score (nSPS) is 28.5. The zero-order chi connectivity index (χ0) is 33.2. The smallest absolute Gasteiger partial charge is 0.471 e. The molecule has 2 aliphatic carbocycles. The number of ketones is 2. The topological polar surface area (TPSA) is 212 Å². The van der Waals surface area contributed by atoms with Crippen LogP contribution in [-0.2, 0) is 20.7 Å². The van der Waals surface area contributed by atoms with E-state index >= 15 is 0 Å². The van der Waals surface area contributed by atoms with Crippen LogP contribution in [0.25, 0.3) is 0 Å². The van der Waals surface area contributed by atoms with E-state index < -0.39 is 114 Å². The van der Waals surface area contributed by atoms with E-state index in [9.17, 15) is 58.2 Å². The van der Waals surface area contributed by atoms with Crippen molar-refractivity contribution in [3.05, 3.63) is 51.6 Å². The Balaban J connectivity index is 1.61. The summed E-state index contributed by atoms with van der Waals surface area (Å²) in [6, 6.07) is 2.65. The number of aromatic hydroxyl groups is 2. The third-order valence-corrected chi connectivity index (χ3v) is 8.49. The van der Waals surface area contributed by atoms with Crippen LogP contribution < -0.4 is 10.1 Å². The third kappa shape index (κ3) is 5.40. The van der Waals surface area contributed by atoms with E-state index in [2.05, 4.69) is 0 Å². The first-order chi connectivity index (χ1) is 21.0. The molecule has 1 fully saturated rings. The van der Waals surface area contributed by atoms with Crippen molar-refractivity contribution < 1.29 is 72.4 Å². The molecule has 13 nitrogen and oxygen atoms in total. The second-order valence-corrected chi connectivity index (χ2v) is 11.3. The second-order valence-electron chi connectivity index (χ2n) is 11.3. The van der Waals surface area contributed by atoms with E-state index in [-0.39, 0.29) is 28.0 Å². The summed E-state index contributed by atoms with van der Waals surface area (Å²) in [7, 11) is 1.26. The first-order valence-electron chi connectivity index (χ1n) is 13.8. The van der Waals surface area contributed by atoms with Crippen molar-refractivity contribution in [2.24, 2.45) is 0 Å². The van der Waals surface area contributed by atoms with E-state index in [1.54, 1.807) is 5.32 Å². The number of aliphatic hydroxyl groups is 4. The predicted octanol–water partition coefficient (Wildman–Crippen LogP) is 0.513. The summed E-state index contributed by atoms with van der Waals surface area (Å²) in [4.78, 5) is 38.9. The summed E-state index contributed by atoms with van der Waals surface area (Å²) in [5.74, 6) is -5.69. The molecule has 5 rings (SSSR count). The van der Waals surface area contributed by atoms with Gasteiger partial charge in [0.15, 0.2) is 12.1 Å². The van der Waals surface area contributed by atoms with E-state index in [0.29, 0.717) is 0 Å². The number of ether oxygens (including phenoxy) is 3. The van der Waals surface area contributed by atoms with Crippen LogP contribution in [0.15, 0.2) is 18.2 Å². The van der Waals surface area contributed by atoms with Gasteiger partial charge >= 0.3 is 12.1 Å². The second kappa shape index (κ2) is 11.5. The van der Waals surface area contributed by atoms with Gasteiger partial charge in [-0.3, -0.25) is 14.4 Å². The van der Waals surface area contributed by atoms with Gasteiger partial charge in [0, 0.05) is 36.0 Å². The minimum atomic E-state index is -5.26. The maximum Gasteiger partial charge on any atom is 0.471 e. The quantitative estimate of drug-likeness (QED) is 0.184. The number of aliphatic hydroxyl groups excluding tert-OH is 3. The largest absolute Gasteiger partial charge is 0.507 e. The van der Waals surface area contributed by atoms with Crippen molar-refractivity contribution in [1.82, 2.24) is 5.32 Å². The average molecular weight is 642 g/mol. The van der Waals surface area contributed by atoms with Crippen LogP contribution in [0, 0.1) is 0 Å². The van der Waals surface area contributed by atoms with Crippen molar-refractivity contribution in [3.8, 4) is 17.2 Å². The highest BCUT2D eigenvalue weighted by molar-refractivity contribution is 6.31. The van der Waals surface area contributed by atoms with E-state index in [1.807, 2.05) is 0 Å². The number of amides is 1. The van der Waals surface area contributed by atoms with Gasteiger partial charge in [-0.2, -0.15) is 13.2 Å². The Morgan fingerprint density at radius 2 is 1.82 bits per heavy atom. The lowest BCUT2D eigenvalue weighted by atomic mass is 9.71. The Hall–Kier alpha value is -3.80. The zero-order valence-corrected chi connectivity index (χ0v) is 23.8. The van der Waals surface area contributed by atoms with Crippen LogP contribution in [0.4, 0.5) is 13.2 Å². The molecule has 244 valence electrons. The predicted molar refractivity (Wildman–Crippen MR) is 143 cm³/mol. The molecule has 1 amide bonds. The van der Waals surface area contributed by atoms with Gasteiger partial charge in [-0.05, 0) is 13.0 Å². The Kier molecular flexibility index (Phi) is 8.35. The van der Waals surface area contributed by atoms with Crippen molar-refractivity contribution >= 4 is 17.5 Å². The molecule has 45 heavy (non-hydrogen) atoms. The fraction of sp³-hybridized carbons (Fsp3) is 0.483. The number of benzene rings is 2. The van der Waals surface area contributed by atoms with Crippen LogP contribution in [0.1, 0.15) is 68.8 Å². The number of nitrogens with one attached hydrogen (secondary N) is 1. The van der Waals surface area contributed by atoms with E-state index in [4.69, 9.17) is 14.2 Å². The number of phenolic OH excluding ortho intramolecular Hbond substituents is 2. The SMILES string of the molecule is COc1cccc2c1C(=O)c1c(O)c3c(c(O)c1C2=O)CC(O)(C(O)CO)CC3O[C@H]1C[C@H](NC(=O)C(F)(F)F)[C@H](O)[C@H](C)O1. The number of carbonyl (C=O) groups excluding carboxylic acids is 3. The molecule has 0 bridgehead atoms. The molecule has 1 aliphatic heterocycles. The Bertz CT molecular complexity index is 1560. The third-order valence-electron chi connectivity index (χ3n) is 8.49. The number of carbonyl (C=O) groups is 3. The summed E-state index contributed by atoms with van der Waals surface area (Å²) in [5, 5.41) is 66.6. The molecular weight excluding hydrogens is 611 g/mol. The number of fused-ring (bicyclic) bond motifs is 3. The van der Waals surface area contributed by atoms with Gasteiger partial charge in [-0.25, -0.2) is 0 Å². The van der Waals surface area contributed by atoms with Crippen LogP contribution in [0.2, 0.25) is 0 Å². The Labute approximate surface area is 252 Å². The molecule has 7 atom stereocenters. The van der Waals surface area contributed by atoms with Crippen LogP contribution in [0.5, 0.6) is 17.2 Å². The van der Waals surface area contributed by atoms with Crippen molar-refractivity contribution in [2.75, 3.05) is 13.7 Å². The fourth-order valence-corrected chi connectivity index (χ4v) is 6.20. The highest BCUT2D eigenvalue weighted by Gasteiger charge is 2.51. The summed E-state index contributed by atoms with van der Waals surface area (Å²) >= 11 is 0. The first-order valence-corrected chi connectivity index (χ1v) is 13.8. The molecule has 16 heteroatoms. The molecule has 0 spiro atoms. The van der Waals surface area contributed by atoms with Gasteiger partial charge in [0.1, 0.15) is 29.5 Å². The lowest BCUT2D eigenvalue weighted by Gasteiger charge is -2.44. The molecule has 1 saturated heterocycles. The molecule has 0 aromatic heterocycles.